The minimum absolute atomic E-state index is 0.0580. The predicted octanol–water partition coefficient (Wildman–Crippen LogP) is 3.76. The molecular weight excluding hydrogens is 404 g/mol. The summed E-state index contributed by atoms with van der Waals surface area (Å²) < 4.78 is 3.78. The summed E-state index contributed by atoms with van der Waals surface area (Å²) in [6, 6.07) is 9.85. The maximum atomic E-state index is 13.0. The Morgan fingerprint density at radius 1 is 1.09 bits per heavy atom. The lowest BCUT2D eigenvalue weighted by molar-refractivity contribution is -0.118. The number of anilines is 3. The summed E-state index contributed by atoms with van der Waals surface area (Å²) in [6.07, 6.45) is 4.83. The van der Waals surface area contributed by atoms with Crippen LogP contribution in [0.1, 0.15) is 38.4 Å². The highest BCUT2D eigenvalue weighted by molar-refractivity contribution is 5.94. The Hall–Kier alpha value is -3.75. The topological polar surface area (TPSA) is 93.2 Å². The van der Waals surface area contributed by atoms with Gasteiger partial charge < -0.3 is 10.2 Å². The van der Waals surface area contributed by atoms with Crippen molar-refractivity contribution in [2.75, 3.05) is 17.3 Å². The van der Waals surface area contributed by atoms with Crippen molar-refractivity contribution in [3.8, 4) is 11.1 Å². The molecule has 0 saturated heterocycles. The molecule has 0 aromatic carbocycles. The van der Waals surface area contributed by atoms with Crippen LogP contribution in [0.3, 0.4) is 0 Å². The molecule has 32 heavy (non-hydrogen) atoms. The number of amides is 1. The number of aryl methyl sites for hydroxylation is 1. The first-order valence-electron chi connectivity index (χ1n) is 10.8. The lowest BCUT2D eigenvalue weighted by Gasteiger charge is -2.18. The van der Waals surface area contributed by atoms with Gasteiger partial charge in [-0.1, -0.05) is 13.8 Å². The number of carbonyl (C=O) groups is 1. The highest BCUT2D eigenvalue weighted by Crippen LogP contribution is 2.36. The zero-order chi connectivity index (χ0) is 22.4. The molecule has 164 valence electrons. The molecule has 9 nitrogen and oxygen atoms in total. The number of aromatic nitrogens is 6. The molecule has 1 atom stereocenters. The summed E-state index contributed by atoms with van der Waals surface area (Å²) in [5.41, 5.74) is 2.65. The summed E-state index contributed by atoms with van der Waals surface area (Å²) in [5, 5.41) is 16.4. The number of pyridine rings is 2. The first kappa shape index (κ1) is 20.2. The quantitative estimate of drug-likeness (QED) is 0.518. The van der Waals surface area contributed by atoms with E-state index in [0.717, 1.165) is 40.7 Å². The van der Waals surface area contributed by atoms with Gasteiger partial charge in [-0.05, 0) is 47.7 Å². The molecule has 0 saturated carbocycles. The van der Waals surface area contributed by atoms with Gasteiger partial charge in [0.05, 0.1) is 6.20 Å². The number of nitrogens with one attached hydrogen (secondary N) is 1. The van der Waals surface area contributed by atoms with Crippen molar-refractivity contribution in [1.82, 2.24) is 29.4 Å². The van der Waals surface area contributed by atoms with E-state index in [2.05, 4.69) is 39.4 Å². The Morgan fingerprint density at radius 2 is 1.94 bits per heavy atom. The van der Waals surface area contributed by atoms with E-state index in [1.807, 2.05) is 48.8 Å². The molecule has 9 heteroatoms. The van der Waals surface area contributed by atoms with E-state index >= 15 is 0 Å². The van der Waals surface area contributed by atoms with Gasteiger partial charge in [0.1, 0.15) is 23.3 Å². The third-order valence-electron chi connectivity index (χ3n) is 5.94. The zero-order valence-electron chi connectivity index (χ0n) is 18.6. The molecule has 5 rings (SSSR count). The average Bonchev–Trinajstić information content (AvgIpc) is 3.35. The van der Waals surface area contributed by atoms with Crippen LogP contribution < -0.4 is 10.2 Å². The molecule has 4 aromatic rings. The molecule has 1 aliphatic rings. The van der Waals surface area contributed by atoms with Crippen LogP contribution in [0.2, 0.25) is 0 Å². The van der Waals surface area contributed by atoms with Crippen molar-refractivity contribution < 1.29 is 4.79 Å². The van der Waals surface area contributed by atoms with Gasteiger partial charge in [-0.2, -0.15) is 5.10 Å². The van der Waals surface area contributed by atoms with E-state index < -0.39 is 0 Å². The van der Waals surface area contributed by atoms with Crippen LogP contribution in [-0.4, -0.2) is 42.3 Å². The number of hydrogen-bond acceptors (Lipinski definition) is 6. The van der Waals surface area contributed by atoms with Crippen molar-refractivity contribution in [3.05, 3.63) is 48.5 Å². The molecule has 0 fully saturated rings. The fraction of sp³-hybridized carbons (Fsp3) is 0.348. The summed E-state index contributed by atoms with van der Waals surface area (Å²) in [6.45, 7) is 4.34. The highest BCUT2D eigenvalue weighted by Gasteiger charge is 2.30. The molecule has 0 aliphatic carbocycles. The van der Waals surface area contributed by atoms with Crippen LogP contribution in [0, 0.1) is 5.92 Å². The van der Waals surface area contributed by atoms with E-state index in [9.17, 15) is 4.79 Å². The Morgan fingerprint density at radius 3 is 2.69 bits per heavy atom. The third kappa shape index (κ3) is 3.49. The zero-order valence-corrected chi connectivity index (χ0v) is 18.6. The molecule has 0 spiro atoms. The first-order valence-corrected chi connectivity index (χ1v) is 10.8. The first-order chi connectivity index (χ1) is 15.4. The third-order valence-corrected chi connectivity index (χ3v) is 5.94. The second-order valence-corrected chi connectivity index (χ2v) is 8.73. The van der Waals surface area contributed by atoms with Gasteiger partial charge in [0.25, 0.3) is 0 Å². The molecule has 1 amide bonds. The number of rotatable bonds is 5. The van der Waals surface area contributed by atoms with Gasteiger partial charge in [0, 0.05) is 38.7 Å². The van der Waals surface area contributed by atoms with E-state index in [1.54, 1.807) is 22.0 Å². The number of hydrogen-bond donors (Lipinski definition) is 1. The van der Waals surface area contributed by atoms with Crippen LogP contribution >= 0.6 is 0 Å². The van der Waals surface area contributed by atoms with Crippen molar-refractivity contribution >= 4 is 29.0 Å². The molecule has 0 unspecified atom stereocenters. The molecule has 0 bridgehead atoms. The second kappa shape index (κ2) is 7.74. The van der Waals surface area contributed by atoms with Gasteiger partial charge in [-0.3, -0.25) is 13.9 Å². The Labute approximate surface area is 186 Å². The second-order valence-electron chi connectivity index (χ2n) is 8.73. The largest absolute Gasteiger partial charge is 0.325 e. The lowest BCUT2D eigenvalue weighted by atomic mass is 9.93. The molecule has 5 heterocycles. The normalized spacial score (nSPS) is 16.1. The maximum absolute atomic E-state index is 13.0. The monoisotopic (exact) mass is 430 g/mol. The Balaban J connectivity index is 1.59. The van der Waals surface area contributed by atoms with Crippen molar-refractivity contribution in [2.24, 2.45) is 13.0 Å². The van der Waals surface area contributed by atoms with Crippen LogP contribution in [0.25, 0.3) is 16.8 Å². The fourth-order valence-electron chi connectivity index (χ4n) is 4.33. The molecule has 4 aromatic heterocycles. The van der Waals surface area contributed by atoms with Gasteiger partial charge >= 0.3 is 0 Å². The summed E-state index contributed by atoms with van der Waals surface area (Å²) in [4.78, 5) is 19.1. The number of carbonyl (C=O) groups excluding carboxylic acids is 1. The van der Waals surface area contributed by atoms with Gasteiger partial charge in [-0.25, -0.2) is 4.98 Å². The van der Waals surface area contributed by atoms with Gasteiger partial charge in [0.15, 0.2) is 5.65 Å². The smallest absolute Gasteiger partial charge is 0.228 e. The maximum Gasteiger partial charge on any atom is 0.228 e. The standard InChI is InChI=1S/C23H26N8O/c1-14(2)9-17-13-22(32)29(3)21-12-16(11-20-27-28-23(17)31(20)21)15-5-7-24-18(10-15)26-19-6-8-25-30(19)4/h5-8,10-12,14,17H,9,13H2,1-4H3,(H,24,26)/t17-/m1/s1. The van der Waals surface area contributed by atoms with Gasteiger partial charge in [0.2, 0.25) is 5.91 Å². The SMILES string of the molecule is CC(C)C[C@@H]1CC(=O)N(C)c2cc(-c3ccnc(Nc4ccnn4C)c3)cc3nnc1n23. The van der Waals surface area contributed by atoms with Crippen LogP contribution in [-0.2, 0) is 11.8 Å². The molecular formula is C23H26N8O. The predicted molar refractivity (Wildman–Crippen MR) is 123 cm³/mol. The number of nitrogens with zero attached hydrogens (tertiary/aromatic N) is 7. The summed E-state index contributed by atoms with van der Waals surface area (Å²) in [7, 11) is 3.69. The summed E-state index contributed by atoms with van der Waals surface area (Å²) >= 11 is 0. The molecule has 1 aliphatic heterocycles. The molecule has 0 radical (unpaired) electrons. The van der Waals surface area contributed by atoms with E-state index in [1.165, 1.54) is 0 Å². The average molecular weight is 431 g/mol. The van der Waals surface area contributed by atoms with Crippen LogP contribution in [0.4, 0.5) is 17.5 Å². The minimum Gasteiger partial charge on any atom is -0.325 e. The van der Waals surface area contributed by atoms with Gasteiger partial charge in [-0.15, -0.1) is 10.2 Å². The lowest BCUT2D eigenvalue weighted by Crippen LogP contribution is -2.27. The van der Waals surface area contributed by atoms with Crippen molar-refractivity contribution in [2.45, 2.75) is 32.6 Å². The Kier molecular flexibility index (Phi) is 4.88. The van der Waals surface area contributed by atoms with E-state index in [0.29, 0.717) is 18.2 Å². The molecule has 1 N–H and O–H groups in total. The Bertz CT molecular complexity index is 1300. The van der Waals surface area contributed by atoms with Crippen molar-refractivity contribution in [3.63, 3.8) is 0 Å². The summed E-state index contributed by atoms with van der Waals surface area (Å²) in [5.74, 6) is 3.82. The minimum atomic E-state index is 0.0580. The highest BCUT2D eigenvalue weighted by atomic mass is 16.2. The van der Waals surface area contributed by atoms with Crippen LogP contribution in [0.5, 0.6) is 0 Å². The van der Waals surface area contributed by atoms with Crippen molar-refractivity contribution in [1.29, 1.82) is 0 Å². The fourth-order valence-corrected chi connectivity index (χ4v) is 4.33. The van der Waals surface area contributed by atoms with Crippen LogP contribution in [0.15, 0.2) is 42.7 Å². The van der Waals surface area contributed by atoms with E-state index in [-0.39, 0.29) is 11.8 Å². The van der Waals surface area contributed by atoms with E-state index in [4.69, 9.17) is 0 Å².